The predicted octanol–water partition coefficient (Wildman–Crippen LogP) is 4.10. The fraction of sp³-hybridized carbons (Fsp3) is 0.280. The van der Waals surface area contributed by atoms with Crippen molar-refractivity contribution in [2.75, 3.05) is 37.1 Å². The lowest BCUT2D eigenvalue weighted by Crippen LogP contribution is -2.36. The van der Waals surface area contributed by atoms with Gasteiger partial charge in [0.1, 0.15) is 11.3 Å². The first kappa shape index (κ1) is 21.5. The number of furan rings is 1. The Labute approximate surface area is 196 Å². The van der Waals surface area contributed by atoms with Crippen LogP contribution in [0.1, 0.15) is 17.4 Å². The zero-order valence-electron chi connectivity index (χ0n) is 18.2. The molecule has 1 unspecified atom stereocenters. The lowest BCUT2D eigenvalue weighted by molar-refractivity contribution is 0.122. The van der Waals surface area contributed by atoms with E-state index in [1.165, 1.54) is 5.56 Å². The van der Waals surface area contributed by atoms with Crippen LogP contribution in [0.4, 0.5) is 5.69 Å². The van der Waals surface area contributed by atoms with Crippen molar-refractivity contribution < 1.29 is 14.3 Å². The monoisotopic (exact) mass is 462 g/mol. The third-order valence-corrected chi connectivity index (χ3v) is 5.66. The molecule has 0 saturated carbocycles. The zero-order valence-corrected chi connectivity index (χ0v) is 18.9. The molecule has 4 heterocycles. The van der Waals surface area contributed by atoms with Gasteiger partial charge in [-0.1, -0.05) is 35.6 Å². The Balaban J connectivity index is 1.59. The van der Waals surface area contributed by atoms with Gasteiger partial charge in [-0.25, -0.2) is 9.67 Å². The smallest absolute Gasteiger partial charge is 0.176 e. The Kier molecular flexibility index (Phi) is 6.05. The molecule has 0 bridgehead atoms. The molecule has 1 atom stereocenters. The van der Waals surface area contributed by atoms with Crippen LogP contribution >= 0.6 is 11.6 Å². The van der Waals surface area contributed by atoms with Gasteiger partial charge in [-0.15, -0.1) is 11.6 Å². The second-order valence-corrected chi connectivity index (χ2v) is 8.10. The van der Waals surface area contributed by atoms with Gasteiger partial charge < -0.3 is 19.2 Å². The van der Waals surface area contributed by atoms with E-state index in [0.717, 1.165) is 30.0 Å². The Morgan fingerprint density at radius 2 is 2.03 bits per heavy atom. The van der Waals surface area contributed by atoms with E-state index in [1.54, 1.807) is 10.7 Å². The first-order valence-electron chi connectivity index (χ1n) is 10.7. The van der Waals surface area contributed by atoms with Gasteiger partial charge >= 0.3 is 0 Å². The molecule has 33 heavy (non-hydrogen) atoms. The largest absolute Gasteiger partial charge is 0.453 e. The first-order valence-corrected chi connectivity index (χ1v) is 11.3. The second kappa shape index (κ2) is 9.28. The van der Waals surface area contributed by atoms with Gasteiger partial charge in [0.2, 0.25) is 0 Å². The van der Waals surface area contributed by atoms with Gasteiger partial charge in [0.15, 0.2) is 17.5 Å². The number of ether oxygens (including phenoxy) is 1. The molecule has 8 heteroatoms. The van der Waals surface area contributed by atoms with Gasteiger partial charge in [0.25, 0.3) is 0 Å². The van der Waals surface area contributed by atoms with Crippen molar-refractivity contribution in [1.82, 2.24) is 14.8 Å². The van der Waals surface area contributed by atoms with Crippen molar-refractivity contribution in [2.24, 2.45) is 0 Å². The fourth-order valence-electron chi connectivity index (χ4n) is 3.92. The second-order valence-electron chi connectivity index (χ2n) is 7.83. The van der Waals surface area contributed by atoms with Crippen molar-refractivity contribution in [3.8, 4) is 28.9 Å². The summed E-state index contributed by atoms with van der Waals surface area (Å²) in [5, 5.41) is 15.1. The van der Waals surface area contributed by atoms with E-state index in [-0.39, 0.29) is 5.88 Å². The summed E-state index contributed by atoms with van der Waals surface area (Å²) >= 11 is 5.63. The number of aliphatic hydroxyl groups excluding tert-OH is 1. The van der Waals surface area contributed by atoms with Crippen LogP contribution in [0, 0.1) is 18.8 Å². The molecule has 0 spiro atoms. The van der Waals surface area contributed by atoms with Gasteiger partial charge in [-0.05, 0) is 19.1 Å². The Morgan fingerprint density at radius 1 is 1.18 bits per heavy atom. The number of aryl methyl sites for hydroxylation is 1. The van der Waals surface area contributed by atoms with E-state index < -0.39 is 6.10 Å². The lowest BCUT2D eigenvalue weighted by atomic mass is 10.1. The maximum atomic E-state index is 10.4. The van der Waals surface area contributed by atoms with Crippen LogP contribution in [0.15, 0.2) is 53.1 Å². The van der Waals surface area contributed by atoms with Crippen LogP contribution in [0.2, 0.25) is 0 Å². The van der Waals surface area contributed by atoms with Crippen LogP contribution in [-0.4, -0.2) is 52.1 Å². The summed E-state index contributed by atoms with van der Waals surface area (Å²) < 4.78 is 13.3. The fourth-order valence-corrected chi connectivity index (χ4v) is 3.99. The minimum absolute atomic E-state index is 0.140. The Bertz CT molecular complexity index is 1340. The maximum absolute atomic E-state index is 10.4. The zero-order chi connectivity index (χ0) is 22.8. The van der Waals surface area contributed by atoms with Crippen LogP contribution < -0.4 is 4.90 Å². The number of halogens is 1. The van der Waals surface area contributed by atoms with Gasteiger partial charge in [-0.3, -0.25) is 0 Å². The molecule has 5 rings (SSSR count). The summed E-state index contributed by atoms with van der Waals surface area (Å²) in [6.45, 7) is 4.80. The number of hydrogen-bond donors (Lipinski definition) is 1. The first-order chi connectivity index (χ1) is 16.1. The highest BCUT2D eigenvalue weighted by Crippen LogP contribution is 2.33. The molecule has 1 N–H and O–H groups in total. The summed E-state index contributed by atoms with van der Waals surface area (Å²) in [5.74, 6) is 6.49. The average Bonchev–Trinajstić information content (AvgIpc) is 3.50. The highest BCUT2D eigenvalue weighted by molar-refractivity contribution is 6.19. The van der Waals surface area contributed by atoms with Gasteiger partial charge in [0.05, 0.1) is 30.5 Å². The summed E-state index contributed by atoms with van der Waals surface area (Å²) in [7, 11) is 0. The molecule has 0 amide bonds. The minimum Gasteiger partial charge on any atom is -0.453 e. The maximum Gasteiger partial charge on any atom is 0.176 e. The molecule has 1 fully saturated rings. The molecule has 1 aromatic carbocycles. The number of aromatic nitrogens is 3. The molecule has 0 aliphatic carbocycles. The molecule has 0 radical (unpaired) electrons. The molecule has 3 aromatic heterocycles. The number of anilines is 1. The van der Waals surface area contributed by atoms with Crippen molar-refractivity contribution in [1.29, 1.82) is 0 Å². The number of rotatable bonds is 4. The van der Waals surface area contributed by atoms with Crippen molar-refractivity contribution in [2.45, 2.75) is 13.0 Å². The molecule has 7 nitrogen and oxygen atoms in total. The number of hydrogen-bond acceptors (Lipinski definition) is 6. The third-order valence-electron chi connectivity index (χ3n) is 5.53. The van der Waals surface area contributed by atoms with Crippen molar-refractivity contribution >= 4 is 28.4 Å². The van der Waals surface area contributed by atoms with Crippen LogP contribution in [0.25, 0.3) is 28.2 Å². The van der Waals surface area contributed by atoms with E-state index in [1.807, 2.05) is 30.5 Å². The number of morpholine rings is 1. The van der Waals surface area contributed by atoms with Gasteiger partial charge in [0, 0.05) is 37.0 Å². The normalized spacial score (nSPS) is 14.8. The number of pyridine rings is 1. The number of nitrogens with zero attached hydrogens (tertiary/aromatic N) is 4. The molecule has 4 aromatic rings. The van der Waals surface area contributed by atoms with Crippen LogP contribution in [-0.2, 0) is 4.74 Å². The van der Waals surface area contributed by atoms with Crippen LogP contribution in [0.5, 0.6) is 0 Å². The minimum atomic E-state index is -1.07. The average molecular weight is 463 g/mol. The topological polar surface area (TPSA) is 76.5 Å². The van der Waals surface area contributed by atoms with Crippen molar-refractivity contribution in [3.05, 3.63) is 60.0 Å². The molecule has 1 aliphatic heterocycles. The van der Waals surface area contributed by atoms with E-state index in [4.69, 9.17) is 30.8 Å². The highest BCUT2D eigenvalue weighted by Gasteiger charge is 2.22. The van der Waals surface area contributed by atoms with E-state index in [0.29, 0.717) is 35.9 Å². The Morgan fingerprint density at radius 3 is 2.82 bits per heavy atom. The number of aliphatic hydroxyl groups is 1. The molecular weight excluding hydrogens is 440 g/mol. The highest BCUT2D eigenvalue weighted by atomic mass is 35.5. The predicted molar refractivity (Wildman–Crippen MR) is 128 cm³/mol. The van der Waals surface area contributed by atoms with E-state index in [9.17, 15) is 5.11 Å². The van der Waals surface area contributed by atoms with Crippen molar-refractivity contribution in [3.63, 3.8) is 0 Å². The van der Waals surface area contributed by atoms with Crippen LogP contribution in [0.3, 0.4) is 0 Å². The standard InChI is InChI=1S/C25H23ClN4O3/c1-17-4-2-5-18(14-17)19-7-9-30(28-19)24-16-21(29-10-12-32-13-11-29)25-20(27-24)15-23(33-25)22(31)6-3-8-26/h2,4-5,7,9,14-16,22,31H,8,10-13H2,1H3. The molecule has 1 saturated heterocycles. The summed E-state index contributed by atoms with van der Waals surface area (Å²) in [4.78, 5) is 6.97. The number of fused-ring (bicyclic) bond motifs is 1. The Hall–Kier alpha value is -3.31. The SMILES string of the molecule is Cc1cccc(-c2ccn(-c3cc(N4CCOCC4)c4oc(C(O)C#CCCl)cc4n3)n2)c1. The van der Waals surface area contributed by atoms with E-state index >= 15 is 0 Å². The molecular formula is C25H23ClN4O3. The quantitative estimate of drug-likeness (QED) is 0.363. The summed E-state index contributed by atoms with van der Waals surface area (Å²) in [6.07, 6.45) is 0.827. The number of benzene rings is 1. The van der Waals surface area contributed by atoms with E-state index in [2.05, 4.69) is 35.8 Å². The molecule has 168 valence electrons. The summed E-state index contributed by atoms with van der Waals surface area (Å²) in [6, 6.07) is 13.9. The number of alkyl halides is 1. The third kappa shape index (κ3) is 4.46. The lowest BCUT2D eigenvalue weighted by Gasteiger charge is -2.29. The molecule has 1 aliphatic rings. The summed E-state index contributed by atoms with van der Waals surface area (Å²) in [5.41, 5.74) is 5.22. The van der Waals surface area contributed by atoms with Gasteiger partial charge in [-0.2, -0.15) is 5.10 Å².